The monoisotopic (exact) mass is 279 g/mol. The largest absolute Gasteiger partial charge is 0.508 e. The van der Waals surface area contributed by atoms with Gasteiger partial charge >= 0.3 is 5.97 Å². The van der Waals surface area contributed by atoms with Crippen molar-refractivity contribution in [2.45, 2.75) is 6.61 Å². The van der Waals surface area contributed by atoms with Gasteiger partial charge in [0.25, 0.3) is 0 Å². The molecule has 2 aromatic carbocycles. The van der Waals surface area contributed by atoms with Crippen LogP contribution in [0.25, 0.3) is 0 Å². The van der Waals surface area contributed by atoms with Crippen molar-refractivity contribution in [2.24, 2.45) is 0 Å². The first-order valence-electron chi connectivity index (χ1n) is 5.67. The van der Waals surface area contributed by atoms with E-state index in [2.05, 4.69) is 0 Å². The fraction of sp³-hybridized carbons (Fsp3) is 0.0714. The minimum atomic E-state index is -1.17. The summed E-state index contributed by atoms with van der Waals surface area (Å²) in [5.41, 5.74) is 5.65. The maximum absolute atomic E-state index is 13.1. The molecule has 2 rings (SSSR count). The number of esters is 1. The summed E-state index contributed by atoms with van der Waals surface area (Å²) in [6.07, 6.45) is 0. The molecule has 0 aliphatic heterocycles. The van der Waals surface area contributed by atoms with Gasteiger partial charge in [-0.05, 0) is 23.8 Å². The summed E-state index contributed by atoms with van der Waals surface area (Å²) in [4.78, 5) is 11.7. The third-order valence-electron chi connectivity index (χ3n) is 2.62. The van der Waals surface area contributed by atoms with Gasteiger partial charge in [-0.2, -0.15) is 0 Å². The Kier molecular flexibility index (Phi) is 3.84. The Morgan fingerprint density at radius 1 is 1.15 bits per heavy atom. The molecule has 0 amide bonds. The number of benzene rings is 2. The van der Waals surface area contributed by atoms with Crippen LogP contribution in [0.2, 0.25) is 0 Å². The molecule has 0 radical (unpaired) electrons. The fourth-order valence-electron chi connectivity index (χ4n) is 1.56. The summed E-state index contributed by atoms with van der Waals surface area (Å²) in [5, 5.41) is 9.10. The van der Waals surface area contributed by atoms with E-state index in [0.717, 1.165) is 6.07 Å². The molecule has 6 heteroatoms. The lowest BCUT2D eigenvalue weighted by Crippen LogP contribution is -2.09. The van der Waals surface area contributed by atoms with E-state index in [1.165, 1.54) is 12.1 Å². The molecule has 4 nitrogen and oxygen atoms in total. The second-order valence-corrected chi connectivity index (χ2v) is 4.10. The molecule has 0 aliphatic rings. The Bertz CT molecular complexity index is 642. The Balaban J connectivity index is 2.09. The van der Waals surface area contributed by atoms with E-state index >= 15 is 0 Å². The molecule has 0 aliphatic carbocycles. The normalized spacial score (nSPS) is 10.3. The summed E-state index contributed by atoms with van der Waals surface area (Å²) >= 11 is 0. The van der Waals surface area contributed by atoms with Crippen molar-refractivity contribution in [3.63, 3.8) is 0 Å². The molecule has 0 saturated heterocycles. The highest BCUT2D eigenvalue weighted by Crippen LogP contribution is 2.19. The van der Waals surface area contributed by atoms with Crippen LogP contribution in [0.15, 0.2) is 36.4 Å². The van der Waals surface area contributed by atoms with Crippen LogP contribution in [-0.2, 0) is 11.3 Å². The van der Waals surface area contributed by atoms with Crippen LogP contribution >= 0.6 is 0 Å². The second-order valence-electron chi connectivity index (χ2n) is 4.10. The average molecular weight is 279 g/mol. The number of rotatable bonds is 3. The molecule has 0 bridgehead atoms. The number of nitrogen functional groups attached to an aromatic ring is 1. The third kappa shape index (κ3) is 3.03. The summed E-state index contributed by atoms with van der Waals surface area (Å²) < 4.78 is 30.9. The van der Waals surface area contributed by atoms with Gasteiger partial charge in [-0.1, -0.05) is 12.1 Å². The predicted octanol–water partition coefficient (Wildman–Crippen LogP) is 2.61. The van der Waals surface area contributed by atoms with E-state index in [1.54, 1.807) is 12.1 Å². The number of phenols is 1. The zero-order valence-electron chi connectivity index (χ0n) is 10.3. The van der Waals surface area contributed by atoms with Crippen LogP contribution in [0.1, 0.15) is 15.9 Å². The number of nitrogens with two attached hydrogens (primary N) is 1. The maximum atomic E-state index is 13.1. The van der Waals surface area contributed by atoms with Crippen LogP contribution in [0.5, 0.6) is 5.75 Å². The standard InChI is InChI=1S/C14H11F2NO3/c15-11-5-10(13(17)6-12(11)16)14(19)20-7-8-1-3-9(18)4-2-8/h1-6,18H,7,17H2. The smallest absolute Gasteiger partial charge is 0.340 e. The molecular formula is C14H11F2NO3. The number of hydrogen-bond donors (Lipinski definition) is 2. The van der Waals surface area contributed by atoms with E-state index in [4.69, 9.17) is 15.6 Å². The highest BCUT2D eigenvalue weighted by Gasteiger charge is 2.15. The molecule has 0 spiro atoms. The zero-order chi connectivity index (χ0) is 14.7. The first kappa shape index (κ1) is 13.8. The summed E-state index contributed by atoms with van der Waals surface area (Å²) in [6.45, 7) is -0.0719. The lowest BCUT2D eigenvalue weighted by Gasteiger charge is -2.08. The molecule has 0 aromatic heterocycles. The molecule has 0 atom stereocenters. The van der Waals surface area contributed by atoms with Crippen LogP contribution in [0.4, 0.5) is 14.5 Å². The van der Waals surface area contributed by atoms with Gasteiger partial charge in [0.1, 0.15) is 12.4 Å². The quantitative estimate of drug-likeness (QED) is 0.669. The van der Waals surface area contributed by atoms with Crippen molar-refractivity contribution in [2.75, 3.05) is 5.73 Å². The molecular weight excluding hydrogens is 268 g/mol. The molecule has 0 saturated carbocycles. The minimum Gasteiger partial charge on any atom is -0.508 e. The molecule has 3 N–H and O–H groups in total. The summed E-state index contributed by atoms with van der Waals surface area (Å²) in [7, 11) is 0. The number of phenolic OH excluding ortho intramolecular Hbond substituents is 1. The lowest BCUT2D eigenvalue weighted by molar-refractivity contribution is 0.0473. The highest BCUT2D eigenvalue weighted by molar-refractivity contribution is 5.95. The van der Waals surface area contributed by atoms with Crippen molar-refractivity contribution in [1.29, 1.82) is 0 Å². The molecule has 0 fully saturated rings. The summed E-state index contributed by atoms with van der Waals surface area (Å²) in [5.74, 6) is -3.06. The van der Waals surface area contributed by atoms with Crippen molar-refractivity contribution >= 4 is 11.7 Å². The first-order valence-corrected chi connectivity index (χ1v) is 5.67. The van der Waals surface area contributed by atoms with Gasteiger partial charge in [0, 0.05) is 11.8 Å². The third-order valence-corrected chi connectivity index (χ3v) is 2.62. The van der Waals surface area contributed by atoms with Crippen LogP contribution in [-0.4, -0.2) is 11.1 Å². The van der Waals surface area contributed by atoms with Crippen LogP contribution in [0, 0.1) is 11.6 Å². The maximum Gasteiger partial charge on any atom is 0.340 e. The van der Waals surface area contributed by atoms with E-state index in [9.17, 15) is 13.6 Å². The zero-order valence-corrected chi connectivity index (χ0v) is 10.3. The van der Waals surface area contributed by atoms with Gasteiger partial charge in [-0.25, -0.2) is 13.6 Å². The first-order chi connectivity index (χ1) is 9.47. The lowest BCUT2D eigenvalue weighted by atomic mass is 10.1. The molecule has 2 aromatic rings. The SMILES string of the molecule is Nc1cc(F)c(F)cc1C(=O)OCc1ccc(O)cc1. The number of ether oxygens (including phenoxy) is 1. The minimum absolute atomic E-state index is 0.0719. The number of carbonyl (C=O) groups is 1. The van der Waals surface area contributed by atoms with E-state index < -0.39 is 17.6 Å². The van der Waals surface area contributed by atoms with Crippen molar-refractivity contribution in [3.05, 3.63) is 59.2 Å². The number of carbonyl (C=O) groups excluding carboxylic acids is 1. The van der Waals surface area contributed by atoms with Gasteiger partial charge in [-0.3, -0.25) is 0 Å². The van der Waals surface area contributed by atoms with Gasteiger partial charge in [0.2, 0.25) is 0 Å². The van der Waals surface area contributed by atoms with Crippen molar-refractivity contribution in [3.8, 4) is 5.75 Å². The average Bonchev–Trinajstić information content (AvgIpc) is 2.42. The van der Waals surface area contributed by atoms with E-state index in [-0.39, 0.29) is 23.6 Å². The van der Waals surface area contributed by atoms with Gasteiger partial charge < -0.3 is 15.6 Å². The number of anilines is 1. The molecule has 0 unspecified atom stereocenters. The molecule has 104 valence electrons. The van der Waals surface area contributed by atoms with Crippen LogP contribution in [0.3, 0.4) is 0 Å². The highest BCUT2D eigenvalue weighted by atomic mass is 19.2. The number of halogens is 2. The van der Waals surface area contributed by atoms with Crippen LogP contribution < -0.4 is 5.73 Å². The Labute approximate surface area is 113 Å². The van der Waals surface area contributed by atoms with E-state index in [1.807, 2.05) is 0 Å². The van der Waals surface area contributed by atoms with Gasteiger partial charge in [-0.15, -0.1) is 0 Å². The Morgan fingerprint density at radius 2 is 1.75 bits per heavy atom. The van der Waals surface area contributed by atoms with Gasteiger partial charge in [0.15, 0.2) is 11.6 Å². The second kappa shape index (κ2) is 5.56. The molecule has 20 heavy (non-hydrogen) atoms. The number of aromatic hydroxyl groups is 1. The predicted molar refractivity (Wildman–Crippen MR) is 68.0 cm³/mol. The fourth-order valence-corrected chi connectivity index (χ4v) is 1.56. The van der Waals surface area contributed by atoms with Crippen molar-refractivity contribution < 1.29 is 23.4 Å². The van der Waals surface area contributed by atoms with Crippen molar-refractivity contribution in [1.82, 2.24) is 0 Å². The molecule has 0 heterocycles. The topological polar surface area (TPSA) is 72.6 Å². The Morgan fingerprint density at radius 3 is 2.40 bits per heavy atom. The van der Waals surface area contributed by atoms with E-state index in [0.29, 0.717) is 11.6 Å². The number of hydrogen-bond acceptors (Lipinski definition) is 4. The summed E-state index contributed by atoms with van der Waals surface area (Å²) in [6, 6.07) is 7.44. The van der Waals surface area contributed by atoms with Gasteiger partial charge in [0.05, 0.1) is 5.56 Å². The Hall–Kier alpha value is -2.63.